The lowest BCUT2D eigenvalue weighted by molar-refractivity contribution is 0.561. The highest BCUT2D eigenvalue weighted by atomic mass is 32.2. The smallest absolute Gasteiger partial charge is 0.152 e. The van der Waals surface area contributed by atoms with E-state index in [-0.39, 0.29) is 11.8 Å². The second-order valence-electron chi connectivity index (χ2n) is 4.46. The summed E-state index contributed by atoms with van der Waals surface area (Å²) in [5.74, 6) is 1.24. The molecule has 1 saturated heterocycles. The Morgan fingerprint density at radius 2 is 2.28 bits per heavy atom. The molecule has 0 radical (unpaired) electrons. The van der Waals surface area contributed by atoms with Crippen LogP contribution in [0.15, 0.2) is 17.8 Å². The largest absolute Gasteiger partial charge is 0.366 e. The number of anilines is 1. The van der Waals surface area contributed by atoms with Gasteiger partial charge in [0, 0.05) is 6.04 Å². The molecule has 1 atom stereocenters. The Bertz CT molecular complexity index is 666. The minimum atomic E-state index is -2.90. The zero-order valence-corrected chi connectivity index (χ0v) is 11.3. The molecule has 7 heteroatoms. The summed E-state index contributed by atoms with van der Waals surface area (Å²) in [4.78, 5) is 9.31. The summed E-state index contributed by atoms with van der Waals surface area (Å²) in [5, 5.41) is 6.17. The van der Waals surface area contributed by atoms with Crippen LogP contribution >= 0.6 is 11.3 Å². The van der Waals surface area contributed by atoms with Gasteiger partial charge in [0.25, 0.3) is 0 Å². The molecule has 1 aliphatic rings. The van der Waals surface area contributed by atoms with Crippen LogP contribution in [0.5, 0.6) is 0 Å². The van der Waals surface area contributed by atoms with Gasteiger partial charge >= 0.3 is 0 Å². The quantitative estimate of drug-likeness (QED) is 0.908. The average Bonchev–Trinajstić information content (AvgIpc) is 2.77. The maximum absolute atomic E-state index is 11.6. The van der Waals surface area contributed by atoms with Crippen LogP contribution < -0.4 is 5.32 Å². The topological polar surface area (TPSA) is 72.0 Å². The highest BCUT2D eigenvalue weighted by Crippen LogP contribution is 2.25. The molecular formula is C11H13N3O2S2. The van der Waals surface area contributed by atoms with Gasteiger partial charge in [0.05, 0.1) is 16.9 Å². The van der Waals surface area contributed by atoms with Crippen molar-refractivity contribution >= 4 is 37.2 Å². The molecule has 2 aromatic heterocycles. The van der Waals surface area contributed by atoms with Crippen molar-refractivity contribution in [2.24, 2.45) is 0 Å². The van der Waals surface area contributed by atoms with E-state index in [1.165, 1.54) is 6.33 Å². The van der Waals surface area contributed by atoms with Crippen LogP contribution in [0.1, 0.15) is 12.8 Å². The fraction of sp³-hybridized carbons (Fsp3) is 0.455. The highest BCUT2D eigenvalue weighted by Gasteiger charge is 2.25. The van der Waals surface area contributed by atoms with Crippen LogP contribution in [0.25, 0.3) is 10.2 Å². The van der Waals surface area contributed by atoms with E-state index in [1.807, 2.05) is 11.4 Å². The van der Waals surface area contributed by atoms with E-state index in [1.54, 1.807) is 11.3 Å². The molecule has 18 heavy (non-hydrogen) atoms. The van der Waals surface area contributed by atoms with Crippen molar-refractivity contribution in [1.29, 1.82) is 0 Å². The van der Waals surface area contributed by atoms with Crippen LogP contribution in [0.3, 0.4) is 0 Å². The normalized spacial score (nSPS) is 23.0. The first kappa shape index (κ1) is 11.9. The number of hydrogen-bond acceptors (Lipinski definition) is 6. The number of thiophene rings is 1. The first-order valence-corrected chi connectivity index (χ1v) is 8.49. The lowest BCUT2D eigenvalue weighted by atomic mass is 10.2. The molecule has 96 valence electrons. The maximum atomic E-state index is 11.6. The van der Waals surface area contributed by atoms with Gasteiger partial charge in [-0.15, -0.1) is 11.3 Å². The fourth-order valence-electron chi connectivity index (χ4n) is 2.24. The van der Waals surface area contributed by atoms with Crippen LogP contribution in [0, 0.1) is 0 Å². The predicted molar refractivity (Wildman–Crippen MR) is 72.7 cm³/mol. The number of rotatable bonds is 2. The molecule has 0 bridgehead atoms. The number of fused-ring (bicyclic) bond motifs is 1. The molecule has 1 fully saturated rings. The Hall–Kier alpha value is -1.21. The molecule has 0 saturated carbocycles. The molecule has 1 aliphatic heterocycles. The first-order chi connectivity index (χ1) is 8.64. The molecule has 3 heterocycles. The summed E-state index contributed by atoms with van der Waals surface area (Å²) in [6.07, 6.45) is 3.10. The van der Waals surface area contributed by atoms with E-state index in [0.717, 1.165) is 28.9 Å². The van der Waals surface area contributed by atoms with Gasteiger partial charge in [-0.3, -0.25) is 0 Å². The Morgan fingerprint density at radius 3 is 3.11 bits per heavy atom. The molecule has 2 aromatic rings. The minimum Gasteiger partial charge on any atom is -0.366 e. The van der Waals surface area contributed by atoms with Crippen molar-refractivity contribution < 1.29 is 8.42 Å². The maximum Gasteiger partial charge on any atom is 0.152 e. The van der Waals surface area contributed by atoms with E-state index < -0.39 is 9.84 Å². The van der Waals surface area contributed by atoms with E-state index >= 15 is 0 Å². The van der Waals surface area contributed by atoms with E-state index in [4.69, 9.17) is 0 Å². The summed E-state index contributed by atoms with van der Waals surface area (Å²) in [7, 11) is -2.90. The monoisotopic (exact) mass is 283 g/mol. The van der Waals surface area contributed by atoms with E-state index in [0.29, 0.717) is 5.75 Å². The van der Waals surface area contributed by atoms with Crippen molar-refractivity contribution in [1.82, 2.24) is 9.97 Å². The Labute approximate surface area is 109 Å². The standard InChI is InChI=1S/C11H13N3O2S2/c15-18(16)5-1-2-8(6-18)14-10-9-3-4-17-11(9)13-7-12-10/h3-4,7-8H,1-2,5-6H2,(H,12,13,14). The average molecular weight is 283 g/mol. The molecule has 0 aliphatic carbocycles. The van der Waals surface area contributed by atoms with Crippen LogP contribution in [0.2, 0.25) is 0 Å². The molecule has 1 unspecified atom stereocenters. The molecule has 0 spiro atoms. The second kappa shape index (κ2) is 4.47. The van der Waals surface area contributed by atoms with Gasteiger partial charge in [-0.25, -0.2) is 18.4 Å². The Morgan fingerprint density at radius 1 is 1.39 bits per heavy atom. The third kappa shape index (κ3) is 2.32. The number of nitrogens with zero attached hydrogens (tertiary/aromatic N) is 2. The molecule has 5 nitrogen and oxygen atoms in total. The van der Waals surface area contributed by atoms with Crippen molar-refractivity contribution in [2.75, 3.05) is 16.8 Å². The van der Waals surface area contributed by atoms with Crippen LogP contribution in [-0.4, -0.2) is 35.9 Å². The van der Waals surface area contributed by atoms with Gasteiger partial charge in [0.1, 0.15) is 17.0 Å². The number of sulfone groups is 1. The summed E-state index contributed by atoms with van der Waals surface area (Å²) in [6.45, 7) is 0. The van der Waals surface area contributed by atoms with Crippen molar-refractivity contribution in [3.63, 3.8) is 0 Å². The molecule has 0 amide bonds. The minimum absolute atomic E-state index is 0.0400. The van der Waals surface area contributed by atoms with Gasteiger partial charge in [0.2, 0.25) is 0 Å². The van der Waals surface area contributed by atoms with Gasteiger partial charge in [-0.05, 0) is 24.3 Å². The summed E-state index contributed by atoms with van der Waals surface area (Å²) in [6, 6.07) is 1.92. The lowest BCUT2D eigenvalue weighted by Crippen LogP contribution is -2.35. The van der Waals surface area contributed by atoms with Crippen LogP contribution in [0.4, 0.5) is 5.82 Å². The SMILES string of the molecule is O=S1(=O)CCCC(Nc2ncnc3sccc23)C1. The molecule has 3 rings (SSSR count). The predicted octanol–water partition coefficient (Wildman–Crippen LogP) is 1.68. The van der Waals surface area contributed by atoms with E-state index in [9.17, 15) is 8.42 Å². The summed E-state index contributed by atoms with van der Waals surface area (Å²) >= 11 is 1.55. The van der Waals surface area contributed by atoms with Gasteiger partial charge in [-0.1, -0.05) is 0 Å². The fourth-order valence-corrected chi connectivity index (χ4v) is 4.60. The third-order valence-corrected chi connectivity index (χ3v) is 5.71. The van der Waals surface area contributed by atoms with Crippen molar-refractivity contribution in [3.8, 4) is 0 Å². The Kier molecular flexibility index (Phi) is 2.95. The second-order valence-corrected chi connectivity index (χ2v) is 7.58. The van der Waals surface area contributed by atoms with Crippen molar-refractivity contribution in [2.45, 2.75) is 18.9 Å². The zero-order valence-electron chi connectivity index (χ0n) is 9.67. The first-order valence-electron chi connectivity index (χ1n) is 5.79. The number of nitrogens with one attached hydrogen (secondary N) is 1. The summed E-state index contributed by atoms with van der Waals surface area (Å²) < 4.78 is 23.2. The summed E-state index contributed by atoms with van der Waals surface area (Å²) in [5.41, 5.74) is 0. The Balaban J connectivity index is 1.86. The van der Waals surface area contributed by atoms with Crippen LogP contribution in [-0.2, 0) is 9.84 Å². The highest BCUT2D eigenvalue weighted by molar-refractivity contribution is 7.91. The van der Waals surface area contributed by atoms with Gasteiger partial charge in [-0.2, -0.15) is 0 Å². The lowest BCUT2D eigenvalue weighted by Gasteiger charge is -2.23. The van der Waals surface area contributed by atoms with Gasteiger partial charge < -0.3 is 5.32 Å². The number of hydrogen-bond donors (Lipinski definition) is 1. The third-order valence-electron chi connectivity index (χ3n) is 3.07. The molecular weight excluding hydrogens is 270 g/mol. The van der Waals surface area contributed by atoms with E-state index in [2.05, 4.69) is 15.3 Å². The molecule has 1 N–H and O–H groups in total. The van der Waals surface area contributed by atoms with Gasteiger partial charge in [0.15, 0.2) is 9.84 Å². The zero-order chi connectivity index (χ0) is 12.6. The van der Waals surface area contributed by atoms with Crippen molar-refractivity contribution in [3.05, 3.63) is 17.8 Å². The molecule has 0 aromatic carbocycles. The number of aromatic nitrogens is 2.